The fourth-order valence-electron chi connectivity index (χ4n) is 3.53. The zero-order valence-corrected chi connectivity index (χ0v) is 20.1. The largest absolute Gasteiger partial charge is 0.508 e. The van der Waals surface area contributed by atoms with E-state index < -0.39 is 0 Å². The lowest BCUT2D eigenvalue weighted by atomic mass is 9.97. The predicted octanol–water partition coefficient (Wildman–Crippen LogP) is 9.14. The second-order valence-electron chi connectivity index (χ2n) is 7.81. The highest BCUT2D eigenvalue weighted by molar-refractivity contribution is 6.31. The van der Waals surface area contributed by atoms with Crippen LogP contribution in [0.3, 0.4) is 0 Å². The normalized spacial score (nSPS) is 10.6. The summed E-state index contributed by atoms with van der Waals surface area (Å²) < 4.78 is 5.99. The summed E-state index contributed by atoms with van der Waals surface area (Å²) in [7, 11) is 2.00. The highest BCUT2D eigenvalue weighted by Gasteiger charge is 2.11. The molecular weight excluding hydrogens is 465 g/mol. The number of hydrogen-bond acceptors (Lipinski definition) is 3. The molecule has 0 unspecified atom stereocenters. The third-order valence-corrected chi connectivity index (χ3v) is 5.92. The molecule has 1 N–H and O–H groups in total. The minimum atomic E-state index is -0.0504. The van der Waals surface area contributed by atoms with Crippen LogP contribution in [0.15, 0.2) is 104 Å². The van der Waals surface area contributed by atoms with Gasteiger partial charge in [0.25, 0.3) is 0 Å². The first-order chi connectivity index (χ1) is 16.3. The molecule has 0 heterocycles. The van der Waals surface area contributed by atoms with Crippen LogP contribution in [-0.2, 0) is 0 Å². The van der Waals surface area contributed by atoms with Crippen LogP contribution in [0.4, 0.5) is 11.4 Å². The van der Waals surface area contributed by atoms with E-state index in [1.165, 1.54) is 0 Å². The lowest BCUT2D eigenvalue weighted by Crippen LogP contribution is -2.09. The van der Waals surface area contributed by atoms with Crippen molar-refractivity contribution >= 4 is 45.9 Å². The molecule has 5 heteroatoms. The van der Waals surface area contributed by atoms with Gasteiger partial charge in [-0.15, -0.1) is 0 Å². The number of halogens is 2. The fraction of sp³-hybridized carbons (Fsp3) is 0.0345. The standard InChI is InChI=1S/C29H23Cl2NO2/c1-19(21-7-11-26(12-8-21)32(3)27-13-9-24(30)10-14-27)22-15-23(20(2)33)17-29(16-22)34-28-6-4-5-25(31)18-28/h4-18,33H,1-2H2,3H3. The molecule has 4 aromatic rings. The smallest absolute Gasteiger partial charge is 0.128 e. The molecule has 0 saturated carbocycles. The van der Waals surface area contributed by atoms with E-state index in [0.29, 0.717) is 27.1 Å². The van der Waals surface area contributed by atoms with Crippen molar-refractivity contribution in [2.45, 2.75) is 0 Å². The van der Waals surface area contributed by atoms with Gasteiger partial charge in [0, 0.05) is 34.0 Å². The van der Waals surface area contributed by atoms with Gasteiger partial charge in [0.2, 0.25) is 0 Å². The Hall–Kier alpha value is -3.66. The van der Waals surface area contributed by atoms with E-state index in [1.807, 2.05) is 79.8 Å². The summed E-state index contributed by atoms with van der Waals surface area (Å²) in [5, 5.41) is 11.3. The van der Waals surface area contributed by atoms with Crippen molar-refractivity contribution in [1.29, 1.82) is 0 Å². The van der Waals surface area contributed by atoms with E-state index in [1.54, 1.807) is 18.2 Å². The van der Waals surface area contributed by atoms with E-state index in [2.05, 4.69) is 18.1 Å². The molecule has 4 aromatic carbocycles. The molecule has 4 rings (SSSR count). The van der Waals surface area contributed by atoms with Crippen LogP contribution < -0.4 is 9.64 Å². The highest BCUT2D eigenvalue weighted by atomic mass is 35.5. The first kappa shape index (κ1) is 23.5. The van der Waals surface area contributed by atoms with Crippen LogP contribution in [0.25, 0.3) is 11.3 Å². The van der Waals surface area contributed by atoms with Gasteiger partial charge in [-0.3, -0.25) is 0 Å². The van der Waals surface area contributed by atoms with E-state index in [0.717, 1.165) is 28.1 Å². The van der Waals surface area contributed by atoms with Gasteiger partial charge >= 0.3 is 0 Å². The molecule has 0 fully saturated rings. The van der Waals surface area contributed by atoms with Gasteiger partial charge in [0.1, 0.15) is 17.3 Å². The molecule has 0 aliphatic heterocycles. The number of nitrogens with zero attached hydrogens (tertiary/aromatic N) is 1. The Morgan fingerprint density at radius 3 is 1.94 bits per heavy atom. The molecule has 0 spiro atoms. The van der Waals surface area contributed by atoms with Gasteiger partial charge in [-0.1, -0.05) is 54.6 Å². The number of benzene rings is 4. The SMILES string of the molecule is C=C(O)c1cc(Oc2cccc(Cl)c2)cc(C(=C)c2ccc(N(C)c3ccc(Cl)cc3)cc2)c1. The zero-order chi connectivity index (χ0) is 24.2. The van der Waals surface area contributed by atoms with Gasteiger partial charge in [0.05, 0.1) is 0 Å². The maximum atomic E-state index is 10.0. The van der Waals surface area contributed by atoms with Crippen LogP contribution in [0.1, 0.15) is 16.7 Å². The summed E-state index contributed by atoms with van der Waals surface area (Å²) in [4.78, 5) is 2.08. The molecular formula is C29H23Cl2NO2. The molecule has 170 valence electrons. The maximum absolute atomic E-state index is 10.0. The molecule has 0 aromatic heterocycles. The van der Waals surface area contributed by atoms with Gasteiger partial charge in [-0.25, -0.2) is 0 Å². The van der Waals surface area contributed by atoms with Crippen LogP contribution in [0, 0.1) is 0 Å². The fourth-order valence-corrected chi connectivity index (χ4v) is 3.84. The van der Waals surface area contributed by atoms with E-state index in [-0.39, 0.29) is 5.76 Å². The Kier molecular flexibility index (Phi) is 6.97. The molecule has 0 aliphatic rings. The number of aliphatic hydroxyl groups excluding tert-OH is 1. The van der Waals surface area contributed by atoms with Gasteiger partial charge < -0.3 is 14.7 Å². The Balaban J connectivity index is 1.60. The molecule has 0 radical (unpaired) electrons. The van der Waals surface area contributed by atoms with Crippen LogP contribution in [0.5, 0.6) is 11.5 Å². The molecule has 0 aliphatic carbocycles. The summed E-state index contributed by atoms with van der Waals surface area (Å²) in [5.41, 5.74) is 5.16. The predicted molar refractivity (Wildman–Crippen MR) is 144 cm³/mol. The Labute approximate surface area is 209 Å². The first-order valence-electron chi connectivity index (χ1n) is 10.6. The van der Waals surface area contributed by atoms with Crippen molar-refractivity contribution in [3.8, 4) is 11.5 Å². The lowest BCUT2D eigenvalue weighted by molar-refractivity contribution is 0.480. The quantitative estimate of drug-likeness (QED) is 0.263. The van der Waals surface area contributed by atoms with Crippen LogP contribution in [0.2, 0.25) is 10.0 Å². The highest BCUT2D eigenvalue weighted by Crippen LogP contribution is 2.33. The van der Waals surface area contributed by atoms with Gasteiger partial charge in [0.15, 0.2) is 0 Å². The van der Waals surface area contributed by atoms with Gasteiger partial charge in [-0.05, 0) is 89.5 Å². The molecule has 0 atom stereocenters. The second-order valence-corrected chi connectivity index (χ2v) is 8.69. The number of anilines is 2. The monoisotopic (exact) mass is 487 g/mol. The Bertz CT molecular complexity index is 1350. The topological polar surface area (TPSA) is 32.7 Å². The van der Waals surface area contributed by atoms with Crippen molar-refractivity contribution < 1.29 is 9.84 Å². The van der Waals surface area contributed by atoms with Crippen LogP contribution in [-0.4, -0.2) is 12.2 Å². The Morgan fingerprint density at radius 1 is 0.706 bits per heavy atom. The molecule has 0 saturated heterocycles. The Morgan fingerprint density at radius 2 is 1.32 bits per heavy atom. The third kappa shape index (κ3) is 5.45. The van der Waals surface area contributed by atoms with E-state index >= 15 is 0 Å². The molecule has 34 heavy (non-hydrogen) atoms. The minimum absolute atomic E-state index is 0.0504. The summed E-state index contributed by atoms with van der Waals surface area (Å²) in [5.74, 6) is 1.09. The average Bonchev–Trinajstić information content (AvgIpc) is 2.83. The average molecular weight is 488 g/mol. The van der Waals surface area contributed by atoms with Gasteiger partial charge in [-0.2, -0.15) is 0 Å². The zero-order valence-electron chi connectivity index (χ0n) is 18.6. The van der Waals surface area contributed by atoms with Crippen molar-refractivity contribution in [1.82, 2.24) is 0 Å². The van der Waals surface area contributed by atoms with Crippen molar-refractivity contribution in [2.24, 2.45) is 0 Å². The number of rotatable bonds is 7. The summed E-state index contributed by atoms with van der Waals surface area (Å²) in [6.07, 6.45) is 0. The van der Waals surface area contributed by atoms with E-state index in [9.17, 15) is 5.11 Å². The maximum Gasteiger partial charge on any atom is 0.128 e. The minimum Gasteiger partial charge on any atom is -0.508 e. The number of aliphatic hydroxyl groups is 1. The summed E-state index contributed by atoms with van der Waals surface area (Å²) in [6, 6.07) is 28.4. The molecule has 0 bridgehead atoms. The molecule has 0 amide bonds. The summed E-state index contributed by atoms with van der Waals surface area (Å²) in [6.45, 7) is 7.95. The summed E-state index contributed by atoms with van der Waals surface area (Å²) >= 11 is 12.1. The van der Waals surface area contributed by atoms with Crippen molar-refractivity contribution in [2.75, 3.05) is 11.9 Å². The first-order valence-corrected chi connectivity index (χ1v) is 11.3. The van der Waals surface area contributed by atoms with Crippen molar-refractivity contribution in [3.63, 3.8) is 0 Å². The number of hydrogen-bond donors (Lipinski definition) is 1. The van der Waals surface area contributed by atoms with E-state index in [4.69, 9.17) is 27.9 Å². The second kappa shape index (κ2) is 10.1. The van der Waals surface area contributed by atoms with Crippen molar-refractivity contribution in [3.05, 3.63) is 131 Å². The van der Waals surface area contributed by atoms with Crippen LogP contribution >= 0.6 is 23.2 Å². The number of ether oxygens (including phenoxy) is 1. The molecule has 3 nitrogen and oxygen atoms in total. The third-order valence-electron chi connectivity index (χ3n) is 5.44. The lowest BCUT2D eigenvalue weighted by Gasteiger charge is -2.20.